The first-order valence-electron chi connectivity index (χ1n) is 9.23. The van der Waals surface area contributed by atoms with Gasteiger partial charge in [0.15, 0.2) is 0 Å². The van der Waals surface area contributed by atoms with Crippen LogP contribution < -0.4 is 5.32 Å². The summed E-state index contributed by atoms with van der Waals surface area (Å²) in [5.74, 6) is 0.329. The molecule has 0 aromatic rings. The van der Waals surface area contributed by atoms with E-state index in [4.69, 9.17) is 0 Å². The highest BCUT2D eigenvalue weighted by atomic mass is 16.2. The molecule has 1 atom stereocenters. The molecular weight excluding hydrogens is 260 g/mol. The zero-order valence-corrected chi connectivity index (χ0v) is 13.7. The van der Waals surface area contributed by atoms with Crippen molar-refractivity contribution in [3.05, 3.63) is 0 Å². The minimum absolute atomic E-state index is 0.00530. The Kier molecular flexibility index (Phi) is 4.88. The zero-order chi connectivity index (χ0) is 14.7. The topological polar surface area (TPSA) is 32.3 Å². The molecule has 3 aliphatic rings. The van der Waals surface area contributed by atoms with Gasteiger partial charge in [-0.1, -0.05) is 12.8 Å². The first-order valence-corrected chi connectivity index (χ1v) is 9.23. The van der Waals surface area contributed by atoms with Gasteiger partial charge in [-0.2, -0.15) is 0 Å². The molecule has 0 radical (unpaired) electrons. The molecule has 3 nitrogen and oxygen atoms in total. The number of rotatable bonds is 3. The molecule has 0 bridgehead atoms. The van der Waals surface area contributed by atoms with Gasteiger partial charge >= 0.3 is 0 Å². The fourth-order valence-electron chi connectivity index (χ4n) is 4.83. The van der Waals surface area contributed by atoms with Crippen LogP contribution in [0.5, 0.6) is 0 Å². The van der Waals surface area contributed by atoms with E-state index in [1.807, 2.05) is 0 Å². The number of likely N-dealkylation sites (tertiary alicyclic amines) is 1. The van der Waals surface area contributed by atoms with Crippen molar-refractivity contribution in [2.24, 2.45) is 5.41 Å². The van der Waals surface area contributed by atoms with Crippen molar-refractivity contribution in [1.82, 2.24) is 10.2 Å². The third-order valence-corrected chi connectivity index (χ3v) is 6.23. The molecule has 1 saturated heterocycles. The largest absolute Gasteiger partial charge is 0.341 e. The lowest BCUT2D eigenvalue weighted by Crippen LogP contribution is -2.50. The van der Waals surface area contributed by atoms with Gasteiger partial charge in [-0.25, -0.2) is 0 Å². The van der Waals surface area contributed by atoms with Gasteiger partial charge in [0.2, 0.25) is 5.91 Å². The Balaban J connectivity index is 1.44. The monoisotopic (exact) mass is 292 g/mol. The molecule has 3 heteroatoms. The van der Waals surface area contributed by atoms with Crippen LogP contribution in [0.3, 0.4) is 0 Å². The lowest BCUT2D eigenvalue weighted by molar-refractivity contribution is -0.134. The van der Waals surface area contributed by atoms with Gasteiger partial charge in [0.05, 0.1) is 6.04 Å². The molecule has 1 heterocycles. The van der Waals surface area contributed by atoms with Crippen LogP contribution in [0.2, 0.25) is 0 Å². The third-order valence-electron chi connectivity index (χ3n) is 6.23. The Morgan fingerprint density at radius 1 is 1.00 bits per heavy atom. The van der Waals surface area contributed by atoms with E-state index < -0.39 is 0 Å². The number of nitrogens with zero attached hydrogens (tertiary/aromatic N) is 1. The molecular formula is C18H32N2O. The predicted octanol–water partition coefficient (Wildman–Crippen LogP) is 3.48. The molecule has 1 N–H and O–H groups in total. The predicted molar refractivity (Wildman–Crippen MR) is 86.2 cm³/mol. The summed E-state index contributed by atoms with van der Waals surface area (Å²) in [6, 6.07) is 0.575. The number of hydrogen-bond acceptors (Lipinski definition) is 2. The van der Waals surface area contributed by atoms with Crippen molar-refractivity contribution in [2.75, 3.05) is 13.1 Å². The van der Waals surface area contributed by atoms with E-state index in [0.29, 0.717) is 17.4 Å². The Labute approximate surface area is 129 Å². The van der Waals surface area contributed by atoms with Crippen LogP contribution in [0, 0.1) is 5.41 Å². The van der Waals surface area contributed by atoms with Gasteiger partial charge in [-0.3, -0.25) is 4.79 Å². The standard InChI is InChI=1S/C18H32N2O/c1-15(17(21)20-13-5-2-6-14-20)19-16-7-11-18(12-8-16)9-3-4-10-18/h15-16,19H,2-14H2,1H3. The molecule has 0 aromatic carbocycles. The Morgan fingerprint density at radius 3 is 2.24 bits per heavy atom. The van der Waals surface area contributed by atoms with Crippen molar-refractivity contribution in [1.29, 1.82) is 0 Å². The van der Waals surface area contributed by atoms with Crippen LogP contribution in [0.1, 0.15) is 77.6 Å². The van der Waals surface area contributed by atoms with E-state index in [-0.39, 0.29) is 6.04 Å². The van der Waals surface area contributed by atoms with E-state index in [1.54, 1.807) is 0 Å². The molecule has 2 aliphatic carbocycles. The van der Waals surface area contributed by atoms with E-state index in [2.05, 4.69) is 17.1 Å². The van der Waals surface area contributed by atoms with Crippen molar-refractivity contribution in [3.8, 4) is 0 Å². The number of piperidine rings is 1. The van der Waals surface area contributed by atoms with Crippen LogP contribution in [-0.4, -0.2) is 36.0 Å². The van der Waals surface area contributed by atoms with Gasteiger partial charge in [-0.05, 0) is 70.1 Å². The number of carbonyl (C=O) groups is 1. The van der Waals surface area contributed by atoms with Gasteiger partial charge < -0.3 is 10.2 Å². The molecule has 0 aromatic heterocycles. The van der Waals surface area contributed by atoms with Crippen molar-refractivity contribution in [2.45, 2.75) is 89.6 Å². The quantitative estimate of drug-likeness (QED) is 0.863. The van der Waals surface area contributed by atoms with Crippen LogP contribution >= 0.6 is 0 Å². The van der Waals surface area contributed by atoms with Gasteiger partial charge in [0.1, 0.15) is 0 Å². The Bertz CT molecular complexity index is 346. The maximum absolute atomic E-state index is 12.5. The summed E-state index contributed by atoms with van der Waals surface area (Å²) in [4.78, 5) is 14.6. The van der Waals surface area contributed by atoms with E-state index in [1.165, 1.54) is 70.6 Å². The fourth-order valence-corrected chi connectivity index (χ4v) is 4.83. The lowest BCUT2D eigenvalue weighted by Gasteiger charge is -2.39. The van der Waals surface area contributed by atoms with Gasteiger partial charge in [0.25, 0.3) is 0 Å². The van der Waals surface area contributed by atoms with Crippen molar-refractivity contribution < 1.29 is 4.79 Å². The molecule has 1 aliphatic heterocycles. The molecule has 1 unspecified atom stereocenters. The molecule has 1 spiro atoms. The minimum atomic E-state index is 0.00530. The van der Waals surface area contributed by atoms with Crippen LogP contribution in [0.25, 0.3) is 0 Å². The number of carbonyl (C=O) groups excluding carboxylic acids is 1. The molecule has 21 heavy (non-hydrogen) atoms. The lowest BCUT2D eigenvalue weighted by atomic mass is 9.71. The Morgan fingerprint density at radius 2 is 1.62 bits per heavy atom. The van der Waals surface area contributed by atoms with Crippen LogP contribution in [0.4, 0.5) is 0 Å². The first kappa shape index (κ1) is 15.3. The Hall–Kier alpha value is -0.570. The third kappa shape index (κ3) is 3.61. The summed E-state index contributed by atoms with van der Waals surface area (Å²) in [5.41, 5.74) is 0.693. The van der Waals surface area contributed by atoms with Gasteiger partial charge in [0, 0.05) is 19.1 Å². The van der Waals surface area contributed by atoms with Crippen LogP contribution in [-0.2, 0) is 4.79 Å². The minimum Gasteiger partial charge on any atom is -0.341 e. The summed E-state index contributed by atoms with van der Waals surface area (Å²) in [7, 11) is 0. The highest BCUT2D eigenvalue weighted by Gasteiger charge is 2.38. The second-order valence-electron chi connectivity index (χ2n) is 7.76. The number of nitrogens with one attached hydrogen (secondary N) is 1. The number of amides is 1. The average Bonchev–Trinajstić information content (AvgIpc) is 2.98. The maximum Gasteiger partial charge on any atom is 0.239 e. The fraction of sp³-hybridized carbons (Fsp3) is 0.944. The molecule has 3 fully saturated rings. The highest BCUT2D eigenvalue weighted by molar-refractivity contribution is 5.81. The van der Waals surface area contributed by atoms with E-state index >= 15 is 0 Å². The van der Waals surface area contributed by atoms with E-state index in [0.717, 1.165) is 13.1 Å². The zero-order valence-electron chi connectivity index (χ0n) is 13.7. The SMILES string of the molecule is CC(NC1CCC2(CCCC2)CC1)C(=O)N1CCCCC1. The summed E-state index contributed by atoms with van der Waals surface area (Å²) in [5, 5.41) is 3.63. The number of hydrogen-bond donors (Lipinski definition) is 1. The summed E-state index contributed by atoms with van der Waals surface area (Å²) < 4.78 is 0. The molecule has 120 valence electrons. The normalized spacial score (nSPS) is 28.0. The van der Waals surface area contributed by atoms with Crippen molar-refractivity contribution >= 4 is 5.91 Å². The van der Waals surface area contributed by atoms with Crippen LogP contribution in [0.15, 0.2) is 0 Å². The molecule has 2 saturated carbocycles. The summed E-state index contributed by atoms with van der Waals surface area (Å²) >= 11 is 0. The average molecular weight is 292 g/mol. The second kappa shape index (κ2) is 6.68. The maximum atomic E-state index is 12.5. The summed E-state index contributed by atoms with van der Waals surface area (Å²) in [6.45, 7) is 4.01. The second-order valence-corrected chi connectivity index (χ2v) is 7.76. The van der Waals surface area contributed by atoms with E-state index in [9.17, 15) is 4.79 Å². The van der Waals surface area contributed by atoms with Gasteiger partial charge in [-0.15, -0.1) is 0 Å². The highest BCUT2D eigenvalue weighted by Crippen LogP contribution is 2.48. The molecule has 3 rings (SSSR count). The molecule has 1 amide bonds. The first-order chi connectivity index (χ1) is 10.2. The van der Waals surface area contributed by atoms with Crippen molar-refractivity contribution in [3.63, 3.8) is 0 Å². The smallest absolute Gasteiger partial charge is 0.239 e. The summed E-state index contributed by atoms with van der Waals surface area (Å²) in [6.07, 6.45) is 14.8.